The highest BCUT2D eigenvalue weighted by Crippen LogP contribution is 2.22. The SMILES string of the molecule is COCCOCCCNCC1CCCCC1. The second-order valence-electron chi connectivity index (χ2n) is 4.67. The van der Waals surface area contributed by atoms with Crippen molar-refractivity contribution in [2.75, 3.05) is 40.0 Å². The molecule has 0 spiro atoms. The van der Waals surface area contributed by atoms with Gasteiger partial charge in [-0.2, -0.15) is 0 Å². The van der Waals surface area contributed by atoms with Gasteiger partial charge in [0.1, 0.15) is 0 Å². The Hall–Kier alpha value is -0.120. The number of ether oxygens (including phenoxy) is 2. The maximum atomic E-state index is 5.40. The molecule has 0 bridgehead atoms. The van der Waals surface area contributed by atoms with Gasteiger partial charge in [-0.05, 0) is 38.3 Å². The molecule has 96 valence electrons. The predicted octanol–water partition coefficient (Wildman–Crippen LogP) is 2.21. The Kier molecular flexibility index (Phi) is 8.77. The Bertz CT molecular complexity index is 147. The Balaban J connectivity index is 1.77. The van der Waals surface area contributed by atoms with Crippen LogP contribution in [0.2, 0.25) is 0 Å². The van der Waals surface area contributed by atoms with Crippen molar-refractivity contribution in [3.8, 4) is 0 Å². The molecule has 3 nitrogen and oxygen atoms in total. The minimum atomic E-state index is 0.704. The van der Waals surface area contributed by atoms with E-state index in [2.05, 4.69) is 5.32 Å². The van der Waals surface area contributed by atoms with E-state index in [9.17, 15) is 0 Å². The number of hydrogen-bond acceptors (Lipinski definition) is 3. The first-order chi connectivity index (χ1) is 7.93. The van der Waals surface area contributed by atoms with Crippen LogP contribution in [0, 0.1) is 5.92 Å². The molecule has 0 aromatic rings. The zero-order valence-corrected chi connectivity index (χ0v) is 10.7. The second-order valence-corrected chi connectivity index (χ2v) is 4.67. The quantitative estimate of drug-likeness (QED) is 0.615. The van der Waals surface area contributed by atoms with E-state index in [-0.39, 0.29) is 0 Å². The van der Waals surface area contributed by atoms with Crippen molar-refractivity contribution in [1.82, 2.24) is 5.32 Å². The summed E-state index contributed by atoms with van der Waals surface area (Å²) in [5.74, 6) is 0.933. The van der Waals surface area contributed by atoms with Gasteiger partial charge in [-0.25, -0.2) is 0 Å². The first-order valence-corrected chi connectivity index (χ1v) is 6.71. The zero-order chi connectivity index (χ0) is 11.5. The fourth-order valence-corrected chi connectivity index (χ4v) is 2.24. The molecule has 16 heavy (non-hydrogen) atoms. The van der Waals surface area contributed by atoms with Crippen LogP contribution in [-0.2, 0) is 9.47 Å². The fraction of sp³-hybridized carbons (Fsp3) is 1.00. The molecule has 0 aromatic heterocycles. The Morgan fingerprint density at radius 3 is 2.62 bits per heavy atom. The van der Waals surface area contributed by atoms with Crippen molar-refractivity contribution in [3.05, 3.63) is 0 Å². The third-order valence-electron chi connectivity index (χ3n) is 3.23. The summed E-state index contributed by atoms with van der Waals surface area (Å²) in [6, 6.07) is 0. The number of hydrogen-bond donors (Lipinski definition) is 1. The van der Waals surface area contributed by atoms with Crippen LogP contribution >= 0.6 is 0 Å². The topological polar surface area (TPSA) is 30.5 Å². The van der Waals surface area contributed by atoms with Gasteiger partial charge in [0.25, 0.3) is 0 Å². The van der Waals surface area contributed by atoms with Gasteiger partial charge in [-0.15, -0.1) is 0 Å². The Morgan fingerprint density at radius 2 is 1.88 bits per heavy atom. The molecule has 1 fully saturated rings. The normalized spacial score (nSPS) is 17.8. The Labute approximate surface area is 99.9 Å². The van der Waals surface area contributed by atoms with Gasteiger partial charge >= 0.3 is 0 Å². The van der Waals surface area contributed by atoms with Crippen molar-refractivity contribution < 1.29 is 9.47 Å². The molecular formula is C13H27NO2. The lowest BCUT2D eigenvalue weighted by atomic mass is 9.89. The molecule has 0 amide bonds. The van der Waals surface area contributed by atoms with E-state index in [1.807, 2.05) is 0 Å². The summed E-state index contributed by atoms with van der Waals surface area (Å²) < 4.78 is 10.3. The van der Waals surface area contributed by atoms with Crippen LogP contribution in [0.5, 0.6) is 0 Å². The maximum absolute atomic E-state index is 5.40. The molecule has 0 saturated heterocycles. The first-order valence-electron chi connectivity index (χ1n) is 6.71. The van der Waals surface area contributed by atoms with Crippen molar-refractivity contribution in [3.63, 3.8) is 0 Å². The molecule has 1 aliphatic carbocycles. The molecule has 0 aromatic carbocycles. The lowest BCUT2D eigenvalue weighted by Crippen LogP contribution is -2.26. The van der Waals surface area contributed by atoms with Gasteiger partial charge in [0.2, 0.25) is 0 Å². The standard InChI is InChI=1S/C13H27NO2/c1-15-10-11-16-9-5-8-14-12-13-6-3-2-4-7-13/h13-14H,2-12H2,1H3. The first kappa shape index (κ1) is 13.9. The third kappa shape index (κ3) is 7.20. The monoisotopic (exact) mass is 229 g/mol. The average Bonchev–Trinajstić information content (AvgIpc) is 2.34. The van der Waals surface area contributed by atoms with Crippen LogP contribution in [0.3, 0.4) is 0 Å². The van der Waals surface area contributed by atoms with Crippen molar-refractivity contribution >= 4 is 0 Å². The highest BCUT2D eigenvalue weighted by molar-refractivity contribution is 4.67. The molecule has 1 rings (SSSR count). The molecule has 0 heterocycles. The van der Waals surface area contributed by atoms with E-state index >= 15 is 0 Å². The molecule has 1 N–H and O–H groups in total. The van der Waals surface area contributed by atoms with Gasteiger partial charge in [-0.3, -0.25) is 0 Å². The molecule has 0 radical (unpaired) electrons. The van der Waals surface area contributed by atoms with E-state index in [1.165, 1.54) is 38.6 Å². The van der Waals surface area contributed by atoms with Crippen LogP contribution in [0.4, 0.5) is 0 Å². The molecule has 0 atom stereocenters. The highest BCUT2D eigenvalue weighted by atomic mass is 16.5. The van der Waals surface area contributed by atoms with E-state index in [0.717, 1.165) is 32.1 Å². The average molecular weight is 229 g/mol. The summed E-state index contributed by atoms with van der Waals surface area (Å²) in [7, 11) is 1.70. The van der Waals surface area contributed by atoms with Gasteiger partial charge < -0.3 is 14.8 Å². The molecule has 1 saturated carbocycles. The lowest BCUT2D eigenvalue weighted by Gasteiger charge is -2.21. The van der Waals surface area contributed by atoms with Crippen molar-refractivity contribution in [2.45, 2.75) is 38.5 Å². The minimum absolute atomic E-state index is 0.704. The van der Waals surface area contributed by atoms with Gasteiger partial charge in [0.05, 0.1) is 13.2 Å². The van der Waals surface area contributed by atoms with Crippen LogP contribution in [0.25, 0.3) is 0 Å². The number of nitrogens with one attached hydrogen (secondary N) is 1. The number of rotatable bonds is 9. The lowest BCUT2D eigenvalue weighted by molar-refractivity contribution is 0.0694. The molecular weight excluding hydrogens is 202 g/mol. The molecule has 3 heteroatoms. The van der Waals surface area contributed by atoms with E-state index in [0.29, 0.717) is 6.61 Å². The summed E-state index contributed by atoms with van der Waals surface area (Å²) >= 11 is 0. The molecule has 1 aliphatic rings. The maximum Gasteiger partial charge on any atom is 0.0700 e. The summed E-state index contributed by atoms with van der Waals surface area (Å²) in [5.41, 5.74) is 0. The highest BCUT2D eigenvalue weighted by Gasteiger charge is 2.11. The van der Waals surface area contributed by atoms with Crippen LogP contribution in [0.15, 0.2) is 0 Å². The van der Waals surface area contributed by atoms with Gasteiger partial charge in [-0.1, -0.05) is 19.3 Å². The van der Waals surface area contributed by atoms with E-state index < -0.39 is 0 Å². The van der Waals surface area contributed by atoms with E-state index in [1.54, 1.807) is 7.11 Å². The summed E-state index contributed by atoms with van der Waals surface area (Å²) in [6.07, 6.45) is 8.29. The minimum Gasteiger partial charge on any atom is -0.382 e. The van der Waals surface area contributed by atoms with Crippen LogP contribution < -0.4 is 5.32 Å². The summed E-state index contributed by atoms with van der Waals surface area (Å²) in [5, 5.41) is 3.53. The van der Waals surface area contributed by atoms with Gasteiger partial charge in [0.15, 0.2) is 0 Å². The fourth-order valence-electron chi connectivity index (χ4n) is 2.24. The van der Waals surface area contributed by atoms with Crippen molar-refractivity contribution in [2.24, 2.45) is 5.92 Å². The zero-order valence-electron chi connectivity index (χ0n) is 10.7. The number of methoxy groups -OCH3 is 1. The largest absolute Gasteiger partial charge is 0.382 e. The molecule has 0 unspecified atom stereocenters. The van der Waals surface area contributed by atoms with E-state index in [4.69, 9.17) is 9.47 Å². The second kappa shape index (κ2) is 10.1. The smallest absolute Gasteiger partial charge is 0.0700 e. The predicted molar refractivity (Wildman–Crippen MR) is 66.8 cm³/mol. The third-order valence-corrected chi connectivity index (χ3v) is 3.23. The van der Waals surface area contributed by atoms with Gasteiger partial charge in [0, 0.05) is 13.7 Å². The molecule has 0 aliphatic heterocycles. The van der Waals surface area contributed by atoms with Crippen molar-refractivity contribution in [1.29, 1.82) is 0 Å². The summed E-state index contributed by atoms with van der Waals surface area (Å²) in [4.78, 5) is 0. The summed E-state index contributed by atoms with van der Waals surface area (Å²) in [6.45, 7) is 4.57. The van der Waals surface area contributed by atoms with Crippen LogP contribution in [0.1, 0.15) is 38.5 Å². The Morgan fingerprint density at radius 1 is 1.06 bits per heavy atom. The van der Waals surface area contributed by atoms with Crippen LogP contribution in [-0.4, -0.2) is 40.0 Å².